The van der Waals surface area contributed by atoms with Gasteiger partial charge in [-0.05, 0) is 37.3 Å². The van der Waals surface area contributed by atoms with Gasteiger partial charge in [-0.25, -0.2) is 0 Å². The topological polar surface area (TPSA) is 12.0 Å². The highest BCUT2D eigenvalue weighted by atomic mass is 35.5. The van der Waals surface area contributed by atoms with Crippen molar-refractivity contribution in [2.75, 3.05) is 0 Å². The van der Waals surface area contributed by atoms with Crippen molar-refractivity contribution in [2.45, 2.75) is 38.8 Å². The van der Waals surface area contributed by atoms with Gasteiger partial charge in [-0.3, -0.25) is 0 Å². The fourth-order valence-electron chi connectivity index (χ4n) is 1.82. The van der Waals surface area contributed by atoms with Crippen molar-refractivity contribution in [2.24, 2.45) is 5.92 Å². The van der Waals surface area contributed by atoms with Gasteiger partial charge in [0.15, 0.2) is 0 Å². The molecule has 1 nitrogen and oxygen atoms in total. The molecule has 3 heteroatoms. The molecule has 0 aromatic carbocycles. The Bertz CT molecular complexity index is 293. The van der Waals surface area contributed by atoms with Crippen LogP contribution in [-0.4, -0.2) is 6.04 Å². The van der Waals surface area contributed by atoms with E-state index in [0.717, 1.165) is 22.8 Å². The molecular formula is C11H16ClNS. The van der Waals surface area contributed by atoms with Crippen molar-refractivity contribution in [3.8, 4) is 0 Å². The fourth-order valence-corrected chi connectivity index (χ4v) is 2.86. The molecule has 0 saturated heterocycles. The minimum absolute atomic E-state index is 0.718. The van der Waals surface area contributed by atoms with Gasteiger partial charge in [0.1, 0.15) is 0 Å². The van der Waals surface area contributed by atoms with Crippen molar-refractivity contribution >= 4 is 22.9 Å². The zero-order valence-corrected chi connectivity index (χ0v) is 10.00. The second-order valence-corrected chi connectivity index (χ2v) is 5.74. The molecule has 1 aromatic rings. The smallest absolute Gasteiger partial charge is 0.0931 e. The van der Waals surface area contributed by atoms with Gasteiger partial charge in [0.05, 0.1) is 4.34 Å². The number of rotatable bonds is 5. The molecule has 0 radical (unpaired) electrons. The Morgan fingerprint density at radius 1 is 1.57 bits per heavy atom. The summed E-state index contributed by atoms with van der Waals surface area (Å²) < 4.78 is 0.890. The van der Waals surface area contributed by atoms with Crippen LogP contribution in [0.4, 0.5) is 0 Å². The van der Waals surface area contributed by atoms with Crippen LogP contribution in [0.5, 0.6) is 0 Å². The first-order chi connectivity index (χ1) is 6.79. The van der Waals surface area contributed by atoms with Crippen LogP contribution in [0.2, 0.25) is 4.34 Å². The second-order valence-electron chi connectivity index (χ2n) is 3.94. The van der Waals surface area contributed by atoms with Crippen molar-refractivity contribution in [3.05, 3.63) is 21.3 Å². The van der Waals surface area contributed by atoms with Crippen LogP contribution in [0, 0.1) is 5.92 Å². The first kappa shape index (κ1) is 10.5. The van der Waals surface area contributed by atoms with Gasteiger partial charge in [-0.15, -0.1) is 11.3 Å². The summed E-state index contributed by atoms with van der Waals surface area (Å²) in [6.45, 7) is 3.24. The monoisotopic (exact) mass is 229 g/mol. The lowest BCUT2D eigenvalue weighted by atomic mass is 10.1. The number of hydrogen-bond donors (Lipinski definition) is 1. The molecule has 1 heterocycles. The van der Waals surface area contributed by atoms with Gasteiger partial charge in [0.2, 0.25) is 0 Å². The van der Waals surface area contributed by atoms with Gasteiger partial charge in [-0.2, -0.15) is 0 Å². The van der Waals surface area contributed by atoms with Crippen LogP contribution in [-0.2, 0) is 6.54 Å². The highest BCUT2D eigenvalue weighted by Crippen LogP contribution is 2.34. The Balaban J connectivity index is 1.80. The molecule has 14 heavy (non-hydrogen) atoms. The summed E-state index contributed by atoms with van der Waals surface area (Å²) in [7, 11) is 0. The molecule has 0 aliphatic heterocycles. The molecule has 0 bridgehead atoms. The summed E-state index contributed by atoms with van der Waals surface area (Å²) >= 11 is 7.55. The normalized spacial score (nSPS) is 18.4. The molecule has 0 spiro atoms. The van der Waals surface area contributed by atoms with Gasteiger partial charge < -0.3 is 5.32 Å². The number of hydrogen-bond acceptors (Lipinski definition) is 2. The summed E-state index contributed by atoms with van der Waals surface area (Å²) in [6.07, 6.45) is 4.07. The SMILES string of the molecule is CCC(NCc1ccc(Cl)s1)C1CC1. The van der Waals surface area contributed by atoms with Crippen LogP contribution in [0.15, 0.2) is 12.1 Å². The molecule has 1 aromatic heterocycles. The minimum Gasteiger partial charge on any atom is -0.309 e. The highest BCUT2D eigenvalue weighted by molar-refractivity contribution is 7.16. The van der Waals surface area contributed by atoms with E-state index in [2.05, 4.69) is 18.3 Å². The molecule has 1 aliphatic carbocycles. The number of thiophene rings is 1. The van der Waals surface area contributed by atoms with Crippen LogP contribution in [0.25, 0.3) is 0 Å². The molecule has 2 rings (SSSR count). The van der Waals surface area contributed by atoms with E-state index in [1.165, 1.54) is 24.1 Å². The number of nitrogens with one attached hydrogen (secondary N) is 1. The lowest BCUT2D eigenvalue weighted by Crippen LogP contribution is -2.29. The van der Waals surface area contributed by atoms with Gasteiger partial charge in [0.25, 0.3) is 0 Å². The summed E-state index contributed by atoms with van der Waals surface area (Å²) in [4.78, 5) is 1.34. The molecular weight excluding hydrogens is 214 g/mol. The van der Waals surface area contributed by atoms with Crippen molar-refractivity contribution in [1.82, 2.24) is 5.32 Å². The molecule has 1 saturated carbocycles. The predicted molar refractivity (Wildman–Crippen MR) is 63.0 cm³/mol. The third-order valence-electron chi connectivity index (χ3n) is 2.80. The second kappa shape index (κ2) is 4.65. The molecule has 1 atom stereocenters. The van der Waals surface area contributed by atoms with Gasteiger partial charge in [0, 0.05) is 17.5 Å². The van der Waals surface area contributed by atoms with E-state index in [9.17, 15) is 0 Å². The Kier molecular flexibility index (Phi) is 3.47. The molecule has 78 valence electrons. The van der Waals surface area contributed by atoms with Crippen LogP contribution in [0.1, 0.15) is 31.1 Å². The predicted octanol–water partition coefficient (Wildman–Crippen LogP) is 3.68. The molecule has 1 fully saturated rings. The quantitative estimate of drug-likeness (QED) is 0.812. The molecule has 0 amide bonds. The van der Waals surface area contributed by atoms with E-state index in [0.29, 0.717) is 0 Å². The van der Waals surface area contributed by atoms with E-state index in [-0.39, 0.29) is 0 Å². The van der Waals surface area contributed by atoms with E-state index < -0.39 is 0 Å². The Hall–Kier alpha value is -0.0500. The Morgan fingerprint density at radius 3 is 2.86 bits per heavy atom. The highest BCUT2D eigenvalue weighted by Gasteiger charge is 2.29. The van der Waals surface area contributed by atoms with E-state index in [1.807, 2.05) is 6.07 Å². The minimum atomic E-state index is 0.718. The van der Waals surface area contributed by atoms with E-state index >= 15 is 0 Å². The van der Waals surface area contributed by atoms with Gasteiger partial charge >= 0.3 is 0 Å². The maximum Gasteiger partial charge on any atom is 0.0931 e. The van der Waals surface area contributed by atoms with E-state index in [1.54, 1.807) is 11.3 Å². The van der Waals surface area contributed by atoms with Crippen molar-refractivity contribution < 1.29 is 0 Å². The van der Waals surface area contributed by atoms with Crippen LogP contribution in [0.3, 0.4) is 0 Å². The zero-order chi connectivity index (χ0) is 9.97. The van der Waals surface area contributed by atoms with Crippen LogP contribution >= 0.6 is 22.9 Å². The van der Waals surface area contributed by atoms with E-state index in [4.69, 9.17) is 11.6 Å². The average Bonchev–Trinajstić information content (AvgIpc) is 2.92. The summed E-state index contributed by atoms with van der Waals surface area (Å²) in [6, 6.07) is 4.80. The largest absolute Gasteiger partial charge is 0.309 e. The summed E-state index contributed by atoms with van der Waals surface area (Å²) in [5.41, 5.74) is 0. The molecule has 1 aliphatic rings. The van der Waals surface area contributed by atoms with Gasteiger partial charge in [-0.1, -0.05) is 18.5 Å². The first-order valence-corrected chi connectivity index (χ1v) is 6.46. The van der Waals surface area contributed by atoms with Crippen molar-refractivity contribution in [3.63, 3.8) is 0 Å². The lowest BCUT2D eigenvalue weighted by Gasteiger charge is -2.14. The summed E-state index contributed by atoms with van der Waals surface area (Å²) in [5.74, 6) is 0.940. The average molecular weight is 230 g/mol. The molecule has 1 unspecified atom stereocenters. The maximum absolute atomic E-state index is 5.88. The molecule has 1 N–H and O–H groups in total. The lowest BCUT2D eigenvalue weighted by molar-refractivity contribution is 0.451. The standard InChI is InChI=1S/C11H16ClNS/c1-2-10(8-3-4-8)13-7-9-5-6-11(12)14-9/h5-6,8,10,13H,2-4,7H2,1H3. The maximum atomic E-state index is 5.88. The third-order valence-corrected chi connectivity index (χ3v) is 4.03. The van der Waals surface area contributed by atoms with Crippen molar-refractivity contribution in [1.29, 1.82) is 0 Å². The zero-order valence-electron chi connectivity index (χ0n) is 8.42. The Morgan fingerprint density at radius 2 is 2.36 bits per heavy atom. The fraction of sp³-hybridized carbons (Fsp3) is 0.636. The van der Waals surface area contributed by atoms with Crippen LogP contribution < -0.4 is 5.32 Å². The number of halogens is 1. The first-order valence-electron chi connectivity index (χ1n) is 5.27. The summed E-state index contributed by atoms with van der Waals surface area (Å²) in [5, 5.41) is 3.61. The third kappa shape index (κ3) is 2.72. The Labute approximate surface area is 94.5 Å².